The maximum atomic E-state index is 6.63. The van der Waals surface area contributed by atoms with Gasteiger partial charge in [-0.15, -0.1) is 0 Å². The summed E-state index contributed by atoms with van der Waals surface area (Å²) in [6.45, 7) is 15.8. The average Bonchev–Trinajstić information content (AvgIpc) is 3.61. The standard InChI is InChI=1S/C47H52N4O/c1-32(2)19-20-36-25-27-48-45(29-36)50-43-24-21-35(14-11-12-26-47(5,6)7)28-42(43)41-23-22-40(31-44(41)50)52-39-18-13-17-38(30-39)51-34(4)46(33(3)49-51)37-15-9-8-10-16-37/h8-10,13,15-18,21-25,27-32H,11-12,14,19-20,26H2,1-7H3. The zero-order valence-electron chi connectivity index (χ0n) is 31.9. The predicted octanol–water partition coefficient (Wildman–Crippen LogP) is 12.8. The van der Waals surface area contributed by atoms with Crippen molar-refractivity contribution in [1.82, 2.24) is 19.3 Å². The number of fused-ring (bicyclic) bond motifs is 3. The first kappa shape index (κ1) is 35.3. The highest BCUT2D eigenvalue weighted by Gasteiger charge is 2.18. The predicted molar refractivity (Wildman–Crippen MR) is 217 cm³/mol. The van der Waals surface area contributed by atoms with Crippen LogP contribution in [0.25, 0.3) is 44.4 Å². The molecule has 0 saturated carbocycles. The van der Waals surface area contributed by atoms with Crippen LogP contribution in [0.15, 0.2) is 109 Å². The van der Waals surface area contributed by atoms with Gasteiger partial charge in [0.05, 0.1) is 22.4 Å². The molecule has 0 saturated heterocycles. The maximum Gasteiger partial charge on any atom is 0.137 e. The molecule has 4 aromatic carbocycles. The number of pyridine rings is 1. The van der Waals surface area contributed by atoms with E-state index in [1.54, 1.807) is 0 Å². The van der Waals surface area contributed by atoms with Gasteiger partial charge in [0.1, 0.15) is 17.3 Å². The number of aromatic nitrogens is 4. The minimum absolute atomic E-state index is 0.373. The van der Waals surface area contributed by atoms with Gasteiger partial charge in [0.2, 0.25) is 0 Å². The number of aryl methyl sites for hydroxylation is 3. The second-order valence-electron chi connectivity index (χ2n) is 16.0. The van der Waals surface area contributed by atoms with Gasteiger partial charge in [-0.25, -0.2) is 9.67 Å². The highest BCUT2D eigenvalue weighted by Crippen LogP contribution is 2.37. The SMILES string of the molecule is Cc1nn(-c2cccc(Oc3ccc4c5cc(CCCCC(C)(C)C)ccc5n(-c5cc(CCC(C)C)ccn5)c4c3)c2)c(C)c1-c1ccccc1. The third kappa shape index (κ3) is 7.69. The Morgan fingerprint density at radius 2 is 1.50 bits per heavy atom. The largest absolute Gasteiger partial charge is 0.457 e. The molecule has 7 aromatic rings. The zero-order chi connectivity index (χ0) is 36.4. The molecule has 0 aliphatic carbocycles. The molecule has 7 rings (SSSR count). The summed E-state index contributed by atoms with van der Waals surface area (Å²) in [6.07, 6.45) is 8.92. The lowest BCUT2D eigenvalue weighted by Crippen LogP contribution is -2.04. The number of ether oxygens (including phenoxy) is 1. The quantitative estimate of drug-likeness (QED) is 0.120. The lowest BCUT2D eigenvalue weighted by molar-refractivity contribution is 0.360. The monoisotopic (exact) mass is 688 g/mol. The smallest absolute Gasteiger partial charge is 0.137 e. The molecule has 3 aromatic heterocycles. The molecule has 0 bridgehead atoms. The number of benzene rings is 4. The summed E-state index contributed by atoms with van der Waals surface area (Å²) in [5, 5.41) is 7.40. The summed E-state index contributed by atoms with van der Waals surface area (Å²) in [5.74, 6) is 3.14. The van der Waals surface area contributed by atoms with Crippen LogP contribution < -0.4 is 4.74 Å². The van der Waals surface area contributed by atoms with Crippen molar-refractivity contribution in [2.75, 3.05) is 0 Å². The Kier molecular flexibility index (Phi) is 10.1. The summed E-state index contributed by atoms with van der Waals surface area (Å²) in [5.41, 5.74) is 10.7. The first-order chi connectivity index (χ1) is 25.0. The van der Waals surface area contributed by atoms with Crippen molar-refractivity contribution in [2.24, 2.45) is 11.3 Å². The van der Waals surface area contributed by atoms with Gasteiger partial charge in [0, 0.05) is 40.4 Å². The fourth-order valence-corrected chi connectivity index (χ4v) is 7.42. The molecular formula is C47H52N4O. The van der Waals surface area contributed by atoms with Gasteiger partial charge in [-0.3, -0.25) is 4.57 Å². The Balaban J connectivity index is 1.25. The molecule has 0 radical (unpaired) electrons. The van der Waals surface area contributed by atoms with Crippen LogP contribution in [0.5, 0.6) is 11.5 Å². The van der Waals surface area contributed by atoms with E-state index in [0.29, 0.717) is 11.3 Å². The van der Waals surface area contributed by atoms with Gasteiger partial charge >= 0.3 is 0 Å². The average molecular weight is 689 g/mol. The molecule has 0 spiro atoms. The normalized spacial score (nSPS) is 12.0. The van der Waals surface area contributed by atoms with Crippen molar-refractivity contribution in [1.29, 1.82) is 0 Å². The Labute approximate surface area is 309 Å². The van der Waals surface area contributed by atoms with E-state index in [1.807, 2.05) is 29.1 Å². The van der Waals surface area contributed by atoms with Crippen LogP contribution in [0.4, 0.5) is 0 Å². The van der Waals surface area contributed by atoms with Crippen LogP contribution >= 0.6 is 0 Å². The second-order valence-corrected chi connectivity index (χ2v) is 16.0. The van der Waals surface area contributed by atoms with Gasteiger partial charge < -0.3 is 4.74 Å². The molecule has 0 aliphatic rings. The summed E-state index contributed by atoms with van der Waals surface area (Å²) in [7, 11) is 0. The molecule has 5 heteroatoms. The van der Waals surface area contributed by atoms with Crippen LogP contribution in [0.2, 0.25) is 0 Å². The Bertz CT molecular complexity index is 2320. The van der Waals surface area contributed by atoms with Gasteiger partial charge in [0.15, 0.2) is 0 Å². The van der Waals surface area contributed by atoms with Crippen LogP contribution in [0.3, 0.4) is 0 Å². The molecule has 0 N–H and O–H groups in total. The van der Waals surface area contributed by atoms with E-state index >= 15 is 0 Å². The van der Waals surface area contributed by atoms with Gasteiger partial charge in [0.25, 0.3) is 0 Å². The highest BCUT2D eigenvalue weighted by atomic mass is 16.5. The number of hydrogen-bond donors (Lipinski definition) is 0. The third-order valence-electron chi connectivity index (χ3n) is 10.1. The van der Waals surface area contributed by atoms with Gasteiger partial charge in [-0.1, -0.05) is 83.5 Å². The van der Waals surface area contributed by atoms with E-state index in [-0.39, 0.29) is 0 Å². The first-order valence-electron chi connectivity index (χ1n) is 19.0. The molecule has 5 nitrogen and oxygen atoms in total. The van der Waals surface area contributed by atoms with E-state index in [0.717, 1.165) is 59.2 Å². The third-order valence-corrected chi connectivity index (χ3v) is 10.1. The minimum Gasteiger partial charge on any atom is -0.457 e. The minimum atomic E-state index is 0.373. The topological polar surface area (TPSA) is 44.9 Å². The Hall–Kier alpha value is -5.16. The molecule has 266 valence electrons. The van der Waals surface area contributed by atoms with Crippen molar-refractivity contribution in [3.05, 3.63) is 132 Å². The molecular weight excluding hydrogens is 637 g/mol. The summed E-state index contributed by atoms with van der Waals surface area (Å²) in [4.78, 5) is 4.93. The van der Waals surface area contributed by atoms with E-state index in [1.165, 1.54) is 57.8 Å². The van der Waals surface area contributed by atoms with E-state index < -0.39 is 0 Å². The summed E-state index contributed by atoms with van der Waals surface area (Å²) < 4.78 is 11.0. The van der Waals surface area contributed by atoms with Crippen LogP contribution in [-0.4, -0.2) is 19.3 Å². The lowest BCUT2D eigenvalue weighted by atomic mass is 9.89. The van der Waals surface area contributed by atoms with E-state index in [2.05, 4.69) is 138 Å². The molecule has 0 atom stereocenters. The van der Waals surface area contributed by atoms with E-state index in [9.17, 15) is 0 Å². The summed E-state index contributed by atoms with van der Waals surface area (Å²) >= 11 is 0. The second kappa shape index (κ2) is 14.8. The first-order valence-corrected chi connectivity index (χ1v) is 19.0. The lowest BCUT2D eigenvalue weighted by Gasteiger charge is -2.17. The van der Waals surface area contributed by atoms with Crippen molar-refractivity contribution in [3.8, 4) is 34.1 Å². The zero-order valence-corrected chi connectivity index (χ0v) is 31.9. The molecule has 3 heterocycles. The molecule has 0 unspecified atom stereocenters. The molecule has 0 fully saturated rings. The van der Waals surface area contributed by atoms with Gasteiger partial charge in [-0.2, -0.15) is 5.10 Å². The van der Waals surface area contributed by atoms with Crippen molar-refractivity contribution in [3.63, 3.8) is 0 Å². The maximum absolute atomic E-state index is 6.63. The Morgan fingerprint density at radius 1 is 0.712 bits per heavy atom. The number of rotatable bonds is 12. The van der Waals surface area contributed by atoms with Crippen LogP contribution in [-0.2, 0) is 12.8 Å². The highest BCUT2D eigenvalue weighted by molar-refractivity contribution is 6.09. The van der Waals surface area contributed by atoms with Crippen molar-refractivity contribution >= 4 is 21.8 Å². The van der Waals surface area contributed by atoms with Crippen LogP contribution in [0.1, 0.15) is 82.8 Å². The Morgan fingerprint density at radius 3 is 2.29 bits per heavy atom. The van der Waals surface area contributed by atoms with Gasteiger partial charge in [-0.05, 0) is 123 Å². The number of unbranched alkanes of at least 4 members (excludes halogenated alkanes) is 1. The fraction of sp³-hybridized carbons (Fsp3) is 0.319. The van der Waals surface area contributed by atoms with Crippen LogP contribution in [0, 0.1) is 25.2 Å². The number of nitrogens with zero attached hydrogens (tertiary/aromatic N) is 4. The number of hydrogen-bond acceptors (Lipinski definition) is 3. The van der Waals surface area contributed by atoms with Crippen molar-refractivity contribution in [2.45, 2.75) is 87.0 Å². The molecule has 52 heavy (non-hydrogen) atoms. The van der Waals surface area contributed by atoms with E-state index in [4.69, 9.17) is 14.8 Å². The van der Waals surface area contributed by atoms with Crippen molar-refractivity contribution < 1.29 is 4.74 Å². The molecule has 0 amide bonds. The molecule has 0 aliphatic heterocycles. The summed E-state index contributed by atoms with van der Waals surface area (Å²) in [6, 6.07) is 36.6. The fourth-order valence-electron chi connectivity index (χ4n) is 7.42.